The number of halogens is 5. The van der Waals surface area contributed by atoms with Gasteiger partial charge in [0.05, 0.1) is 10.4 Å². The van der Waals surface area contributed by atoms with Crippen molar-refractivity contribution in [2.75, 3.05) is 4.72 Å². The van der Waals surface area contributed by atoms with E-state index in [1.165, 1.54) is 0 Å². The van der Waals surface area contributed by atoms with Crippen molar-refractivity contribution in [2.24, 2.45) is 0 Å². The first-order valence-electron chi connectivity index (χ1n) is 6.27. The van der Waals surface area contributed by atoms with Crippen LogP contribution in [0.1, 0.15) is 0 Å². The van der Waals surface area contributed by atoms with Crippen LogP contribution in [-0.4, -0.2) is 25.0 Å². The van der Waals surface area contributed by atoms with E-state index in [2.05, 4.69) is 14.7 Å². The van der Waals surface area contributed by atoms with Gasteiger partial charge < -0.3 is 9.72 Å². The average molecular weight is 416 g/mol. The summed E-state index contributed by atoms with van der Waals surface area (Å²) in [7, 11) is -4.32. The summed E-state index contributed by atoms with van der Waals surface area (Å²) in [6.07, 6.45) is 1.11. The van der Waals surface area contributed by atoms with Gasteiger partial charge in [-0.05, 0) is 0 Å². The van der Waals surface area contributed by atoms with Gasteiger partial charge in [-0.3, -0.25) is 4.72 Å². The Labute approximate surface area is 146 Å². The fourth-order valence-electron chi connectivity index (χ4n) is 1.95. The summed E-state index contributed by atoms with van der Waals surface area (Å²) in [6, 6.07) is 0.712. The summed E-state index contributed by atoms with van der Waals surface area (Å²) in [4.78, 5) is 6.14. The highest BCUT2D eigenvalue weighted by Gasteiger charge is 2.24. The molecule has 0 aliphatic heterocycles. The molecule has 25 heavy (non-hydrogen) atoms. The Morgan fingerprint density at radius 2 is 2.00 bits per heavy atom. The third kappa shape index (κ3) is 3.50. The summed E-state index contributed by atoms with van der Waals surface area (Å²) in [6.45, 7) is -3.36. The van der Waals surface area contributed by atoms with Gasteiger partial charge in [-0.1, -0.05) is 22.9 Å². The molecule has 0 radical (unpaired) electrons. The van der Waals surface area contributed by atoms with Gasteiger partial charge in [0, 0.05) is 18.3 Å². The van der Waals surface area contributed by atoms with Gasteiger partial charge in [-0.15, -0.1) is 0 Å². The number of aromatic nitrogens is 2. The van der Waals surface area contributed by atoms with Crippen molar-refractivity contribution in [3.8, 4) is 5.75 Å². The Morgan fingerprint density at radius 1 is 1.28 bits per heavy atom. The quantitative estimate of drug-likeness (QED) is 0.618. The van der Waals surface area contributed by atoms with Crippen molar-refractivity contribution in [1.82, 2.24) is 9.97 Å². The highest BCUT2D eigenvalue weighted by molar-refractivity contribution is 7.93. The largest absolute Gasteiger partial charge is 0.432 e. The van der Waals surface area contributed by atoms with Crippen LogP contribution in [0.2, 0.25) is 4.47 Å². The predicted octanol–water partition coefficient (Wildman–Crippen LogP) is 3.96. The Kier molecular flexibility index (Phi) is 4.51. The van der Waals surface area contributed by atoms with Gasteiger partial charge >= 0.3 is 6.61 Å². The Balaban J connectivity index is 1.97. The van der Waals surface area contributed by atoms with Gasteiger partial charge in [-0.25, -0.2) is 22.2 Å². The van der Waals surface area contributed by atoms with Crippen LogP contribution in [-0.2, 0) is 10.0 Å². The number of H-pyrrole nitrogens is 1. The zero-order valence-electron chi connectivity index (χ0n) is 11.7. The molecule has 0 bridgehead atoms. The van der Waals surface area contributed by atoms with Gasteiger partial charge in [-0.2, -0.15) is 8.78 Å². The number of thiazole rings is 1. The maximum absolute atomic E-state index is 13.9. The second kappa shape index (κ2) is 6.35. The first-order valence-corrected chi connectivity index (χ1v) is 8.95. The fraction of sp³-hybridized carbons (Fsp3) is 0.0833. The highest BCUT2D eigenvalue weighted by atomic mass is 35.5. The minimum absolute atomic E-state index is 0.0871. The molecule has 2 heterocycles. The number of hydrogen-bond donors (Lipinski definition) is 2. The highest BCUT2D eigenvalue weighted by Crippen LogP contribution is 2.33. The standard InChI is InChI=1S/C12H6ClF4N3O3S2/c13-11-19-10-9(24-11)8(3-18-10)25(21,22)20-6-1-5(15)7(2-4(6)14)23-12(16)17/h1-3,12,18,20H. The van der Waals surface area contributed by atoms with E-state index in [1.54, 1.807) is 0 Å². The van der Waals surface area contributed by atoms with E-state index in [0.29, 0.717) is 12.1 Å². The number of hydrogen-bond acceptors (Lipinski definition) is 5. The molecule has 0 aliphatic rings. The second-order valence-corrected chi connectivity index (χ2v) is 7.78. The minimum Gasteiger partial charge on any atom is -0.432 e. The lowest BCUT2D eigenvalue weighted by atomic mass is 10.3. The zero-order chi connectivity index (χ0) is 18.4. The Bertz CT molecular complexity index is 1050. The average Bonchev–Trinajstić information content (AvgIpc) is 3.02. The first kappa shape index (κ1) is 17.8. The number of ether oxygens (including phenoxy) is 1. The third-order valence-electron chi connectivity index (χ3n) is 2.94. The molecule has 3 aromatic rings. The van der Waals surface area contributed by atoms with E-state index in [1.807, 2.05) is 4.72 Å². The smallest absolute Gasteiger partial charge is 0.387 e. The summed E-state index contributed by atoms with van der Waals surface area (Å²) in [5.41, 5.74) is -0.563. The molecule has 134 valence electrons. The van der Waals surface area contributed by atoms with E-state index >= 15 is 0 Å². The number of alkyl halides is 2. The molecule has 0 spiro atoms. The number of nitrogens with zero attached hydrogens (tertiary/aromatic N) is 1. The van der Waals surface area contributed by atoms with Crippen molar-refractivity contribution in [3.05, 3.63) is 34.4 Å². The molecule has 0 aliphatic carbocycles. The lowest BCUT2D eigenvalue weighted by Gasteiger charge is -2.11. The molecule has 6 nitrogen and oxygen atoms in total. The molecule has 13 heteroatoms. The number of nitrogens with one attached hydrogen (secondary N) is 2. The van der Waals surface area contributed by atoms with Gasteiger partial charge in [0.2, 0.25) is 0 Å². The van der Waals surface area contributed by atoms with E-state index in [4.69, 9.17) is 11.6 Å². The zero-order valence-corrected chi connectivity index (χ0v) is 14.1. The van der Waals surface area contributed by atoms with Crippen LogP contribution in [0.5, 0.6) is 5.75 Å². The number of benzene rings is 1. The number of aromatic amines is 1. The SMILES string of the molecule is O=S(=O)(Nc1cc(F)c(OC(F)F)cc1F)c1c[nH]c2nc(Cl)sc12. The van der Waals surface area contributed by atoms with Crippen molar-refractivity contribution < 1.29 is 30.7 Å². The molecule has 3 rings (SSSR count). The van der Waals surface area contributed by atoms with Crippen molar-refractivity contribution in [2.45, 2.75) is 11.5 Å². The molecule has 0 fully saturated rings. The minimum atomic E-state index is -4.32. The normalized spacial score (nSPS) is 12.1. The van der Waals surface area contributed by atoms with Crippen molar-refractivity contribution in [3.63, 3.8) is 0 Å². The maximum atomic E-state index is 13.9. The van der Waals surface area contributed by atoms with E-state index in [9.17, 15) is 26.0 Å². The lowest BCUT2D eigenvalue weighted by Crippen LogP contribution is -2.14. The number of anilines is 1. The van der Waals surface area contributed by atoms with Gasteiger partial charge in [0.25, 0.3) is 10.0 Å². The molecule has 1 aromatic carbocycles. The molecule has 2 aromatic heterocycles. The lowest BCUT2D eigenvalue weighted by molar-refractivity contribution is -0.0523. The van der Waals surface area contributed by atoms with Crippen LogP contribution in [0.3, 0.4) is 0 Å². The van der Waals surface area contributed by atoms with Crippen LogP contribution in [0, 0.1) is 11.6 Å². The van der Waals surface area contributed by atoms with Crippen LogP contribution in [0.15, 0.2) is 23.2 Å². The fourth-order valence-corrected chi connectivity index (χ4v) is 4.50. The predicted molar refractivity (Wildman–Crippen MR) is 82.8 cm³/mol. The van der Waals surface area contributed by atoms with Crippen molar-refractivity contribution >= 4 is 49.0 Å². The van der Waals surface area contributed by atoms with E-state index < -0.39 is 39.7 Å². The molecule has 2 N–H and O–H groups in total. The molecule has 0 atom stereocenters. The maximum Gasteiger partial charge on any atom is 0.387 e. The second-order valence-electron chi connectivity index (χ2n) is 4.54. The molecular weight excluding hydrogens is 410 g/mol. The summed E-state index contributed by atoms with van der Waals surface area (Å²) in [5.74, 6) is -3.71. The van der Waals surface area contributed by atoms with Crippen LogP contribution >= 0.6 is 22.9 Å². The van der Waals surface area contributed by atoms with E-state index in [0.717, 1.165) is 17.5 Å². The topological polar surface area (TPSA) is 84.1 Å². The van der Waals surface area contributed by atoms with Gasteiger partial charge in [0.1, 0.15) is 4.90 Å². The number of sulfonamides is 1. The number of fused-ring (bicyclic) bond motifs is 1. The summed E-state index contributed by atoms with van der Waals surface area (Å²) in [5, 5.41) is 0. The van der Waals surface area contributed by atoms with Crippen molar-refractivity contribution in [1.29, 1.82) is 0 Å². The molecular formula is C12H6ClF4N3O3S2. The first-order chi connectivity index (χ1) is 11.7. The molecule has 0 saturated carbocycles. The summed E-state index contributed by atoms with van der Waals surface area (Å²) >= 11 is 6.57. The van der Waals surface area contributed by atoms with E-state index in [-0.39, 0.29) is 19.7 Å². The Hall–Kier alpha value is -2.05. The monoisotopic (exact) mass is 415 g/mol. The third-order valence-corrected chi connectivity index (χ3v) is 5.65. The molecule has 0 amide bonds. The van der Waals surface area contributed by atoms with Crippen LogP contribution in [0.4, 0.5) is 23.2 Å². The molecule has 0 saturated heterocycles. The Morgan fingerprint density at radius 3 is 2.68 bits per heavy atom. The van der Waals surface area contributed by atoms with Crippen LogP contribution < -0.4 is 9.46 Å². The van der Waals surface area contributed by atoms with Crippen LogP contribution in [0.25, 0.3) is 10.3 Å². The van der Waals surface area contributed by atoms with Gasteiger partial charge in [0.15, 0.2) is 27.5 Å². The summed E-state index contributed by atoms with van der Waals surface area (Å²) < 4.78 is 82.4. The molecule has 0 unspecified atom stereocenters. The number of rotatable bonds is 5.